The van der Waals surface area contributed by atoms with E-state index >= 15 is 0 Å². The van der Waals surface area contributed by atoms with Gasteiger partial charge in [-0.2, -0.15) is 0 Å². The Morgan fingerprint density at radius 3 is 2.45 bits per heavy atom. The molecule has 5 rings (SSSR count). The van der Waals surface area contributed by atoms with E-state index in [1.165, 1.54) is 12.1 Å². The number of aromatic nitrogens is 5. The molecular formula is C25H23ClFN5O. The van der Waals surface area contributed by atoms with E-state index in [0.29, 0.717) is 51.3 Å². The van der Waals surface area contributed by atoms with Gasteiger partial charge in [0.1, 0.15) is 22.5 Å². The van der Waals surface area contributed by atoms with Crippen LogP contribution in [0.4, 0.5) is 4.39 Å². The minimum absolute atomic E-state index is 0.0164. The molecule has 3 heterocycles. The maximum Gasteiger partial charge on any atom is 0.265 e. The number of benzene rings is 2. The maximum atomic E-state index is 13.9. The summed E-state index contributed by atoms with van der Waals surface area (Å²) >= 11 is 6.09. The van der Waals surface area contributed by atoms with Gasteiger partial charge in [0.25, 0.3) is 5.56 Å². The number of aryl methyl sites for hydroxylation is 1. The van der Waals surface area contributed by atoms with Crippen LogP contribution in [0.3, 0.4) is 0 Å². The standard InChI is InChI=1S/C25H23ClFN5O/c1-3-4-5-8-13-31-15(2)28-23-21(25(31)33)22-24(30-20-10-7-6-9-19(20)29-22)32(23)16-11-12-18(27)17(26)14-16/h6-7,9-12,14H,3-5,8,13H2,1-2H3. The predicted molar refractivity (Wildman–Crippen MR) is 130 cm³/mol. The Morgan fingerprint density at radius 1 is 0.970 bits per heavy atom. The molecule has 0 aliphatic rings. The van der Waals surface area contributed by atoms with Crippen molar-refractivity contribution in [3.63, 3.8) is 0 Å². The molecule has 33 heavy (non-hydrogen) atoms. The third kappa shape index (κ3) is 3.66. The second kappa shape index (κ2) is 8.56. The topological polar surface area (TPSA) is 65.6 Å². The SMILES string of the molecule is CCCCCCn1c(C)nc2c(c1=O)c1nc3ccccc3nc1n2-c1ccc(F)c(Cl)c1. The maximum absolute atomic E-state index is 13.9. The molecule has 168 valence electrons. The van der Waals surface area contributed by atoms with E-state index in [-0.39, 0.29) is 10.6 Å². The molecule has 0 atom stereocenters. The highest BCUT2D eigenvalue weighted by Crippen LogP contribution is 2.30. The van der Waals surface area contributed by atoms with Gasteiger partial charge >= 0.3 is 0 Å². The molecule has 0 unspecified atom stereocenters. The number of para-hydroxylation sites is 2. The Kier molecular flexibility index (Phi) is 5.58. The lowest BCUT2D eigenvalue weighted by Gasteiger charge is -2.11. The first-order valence-electron chi connectivity index (χ1n) is 11.1. The molecule has 0 amide bonds. The molecule has 3 aromatic heterocycles. The fourth-order valence-corrected chi connectivity index (χ4v) is 4.43. The summed E-state index contributed by atoms with van der Waals surface area (Å²) in [5.41, 5.74) is 3.21. The van der Waals surface area contributed by atoms with Crippen molar-refractivity contribution in [1.82, 2.24) is 24.1 Å². The number of unbranched alkanes of at least 4 members (excludes halogenated alkanes) is 3. The zero-order chi connectivity index (χ0) is 23.1. The smallest absolute Gasteiger partial charge is 0.265 e. The first-order chi connectivity index (χ1) is 16.0. The van der Waals surface area contributed by atoms with Gasteiger partial charge in [0, 0.05) is 6.54 Å². The van der Waals surface area contributed by atoms with Crippen molar-refractivity contribution in [2.45, 2.75) is 46.1 Å². The highest BCUT2D eigenvalue weighted by atomic mass is 35.5. The van der Waals surface area contributed by atoms with Crippen molar-refractivity contribution in [2.75, 3.05) is 0 Å². The summed E-state index contributed by atoms with van der Waals surface area (Å²) < 4.78 is 17.4. The largest absolute Gasteiger partial charge is 0.296 e. The van der Waals surface area contributed by atoms with Gasteiger partial charge in [-0.05, 0) is 43.7 Å². The average Bonchev–Trinajstić information content (AvgIpc) is 3.11. The molecule has 8 heteroatoms. The van der Waals surface area contributed by atoms with E-state index in [4.69, 9.17) is 26.6 Å². The van der Waals surface area contributed by atoms with E-state index in [2.05, 4.69) is 6.92 Å². The zero-order valence-electron chi connectivity index (χ0n) is 18.5. The van der Waals surface area contributed by atoms with E-state index in [9.17, 15) is 9.18 Å². The van der Waals surface area contributed by atoms with Crippen LogP contribution in [0.2, 0.25) is 5.02 Å². The number of halogens is 2. The lowest BCUT2D eigenvalue weighted by Crippen LogP contribution is -2.24. The monoisotopic (exact) mass is 463 g/mol. The van der Waals surface area contributed by atoms with Crippen LogP contribution in [0.15, 0.2) is 47.3 Å². The van der Waals surface area contributed by atoms with Gasteiger partial charge in [-0.15, -0.1) is 0 Å². The Morgan fingerprint density at radius 2 is 1.73 bits per heavy atom. The molecule has 0 aliphatic heterocycles. The second-order valence-electron chi connectivity index (χ2n) is 8.19. The van der Waals surface area contributed by atoms with Crippen molar-refractivity contribution < 1.29 is 4.39 Å². The Bertz CT molecular complexity index is 1570. The molecule has 0 saturated heterocycles. The fourth-order valence-electron chi connectivity index (χ4n) is 4.26. The summed E-state index contributed by atoms with van der Waals surface area (Å²) in [5, 5.41) is 0.391. The molecule has 0 fully saturated rings. The van der Waals surface area contributed by atoms with Crippen LogP contribution in [-0.4, -0.2) is 24.1 Å². The number of nitrogens with zero attached hydrogens (tertiary/aromatic N) is 5. The van der Waals surface area contributed by atoms with Crippen molar-refractivity contribution in [2.24, 2.45) is 0 Å². The molecule has 5 aromatic rings. The third-order valence-corrected chi connectivity index (χ3v) is 6.24. The van der Waals surface area contributed by atoms with Crippen LogP contribution in [-0.2, 0) is 6.54 Å². The minimum Gasteiger partial charge on any atom is -0.296 e. The highest BCUT2D eigenvalue weighted by Gasteiger charge is 2.22. The van der Waals surface area contributed by atoms with Gasteiger partial charge in [-0.3, -0.25) is 13.9 Å². The molecule has 0 spiro atoms. The molecule has 0 aliphatic carbocycles. The van der Waals surface area contributed by atoms with Crippen LogP contribution in [0.5, 0.6) is 0 Å². The molecule has 0 saturated carbocycles. The van der Waals surface area contributed by atoms with Crippen LogP contribution < -0.4 is 5.56 Å². The lowest BCUT2D eigenvalue weighted by atomic mass is 10.2. The zero-order valence-corrected chi connectivity index (χ0v) is 19.2. The van der Waals surface area contributed by atoms with Crippen LogP contribution in [0.25, 0.3) is 38.9 Å². The third-order valence-electron chi connectivity index (χ3n) is 5.95. The first kappa shape index (κ1) is 21.5. The highest BCUT2D eigenvalue weighted by molar-refractivity contribution is 6.31. The van der Waals surface area contributed by atoms with Crippen molar-refractivity contribution in [3.05, 3.63) is 69.5 Å². The van der Waals surface area contributed by atoms with Gasteiger partial charge < -0.3 is 0 Å². The van der Waals surface area contributed by atoms with Gasteiger partial charge in [0.15, 0.2) is 11.3 Å². The minimum atomic E-state index is -0.517. The molecule has 6 nitrogen and oxygen atoms in total. The van der Waals surface area contributed by atoms with Crippen LogP contribution in [0, 0.1) is 12.7 Å². The van der Waals surface area contributed by atoms with Crippen LogP contribution in [0.1, 0.15) is 38.4 Å². The van der Waals surface area contributed by atoms with E-state index in [1.807, 2.05) is 31.2 Å². The number of hydrogen-bond donors (Lipinski definition) is 0. The van der Waals surface area contributed by atoms with Gasteiger partial charge in [0.2, 0.25) is 0 Å². The number of rotatable bonds is 6. The van der Waals surface area contributed by atoms with Crippen LogP contribution >= 0.6 is 11.6 Å². The summed E-state index contributed by atoms with van der Waals surface area (Å²) in [6.07, 6.45) is 4.22. The Labute approximate surface area is 194 Å². The van der Waals surface area contributed by atoms with Crippen molar-refractivity contribution >= 4 is 44.8 Å². The Balaban J connectivity index is 1.84. The molecule has 0 radical (unpaired) electrons. The number of fused-ring (bicyclic) bond motifs is 4. The van der Waals surface area contributed by atoms with Crippen molar-refractivity contribution in [3.8, 4) is 5.69 Å². The summed E-state index contributed by atoms with van der Waals surface area (Å²) in [7, 11) is 0. The molecule has 2 aromatic carbocycles. The van der Waals surface area contributed by atoms with E-state index < -0.39 is 5.82 Å². The predicted octanol–water partition coefficient (Wildman–Crippen LogP) is 5.96. The van der Waals surface area contributed by atoms with Gasteiger partial charge in [0.05, 0.1) is 21.7 Å². The quantitative estimate of drug-likeness (QED) is 0.291. The summed E-state index contributed by atoms with van der Waals surface area (Å²) in [4.78, 5) is 28.1. The second-order valence-corrected chi connectivity index (χ2v) is 8.60. The van der Waals surface area contributed by atoms with Crippen molar-refractivity contribution in [1.29, 1.82) is 0 Å². The average molecular weight is 464 g/mol. The summed E-state index contributed by atoms with van der Waals surface area (Å²) in [6, 6.07) is 11.9. The lowest BCUT2D eigenvalue weighted by molar-refractivity contribution is 0.556. The summed E-state index contributed by atoms with van der Waals surface area (Å²) in [5.74, 6) is 0.0992. The van der Waals surface area contributed by atoms with Gasteiger partial charge in [-0.25, -0.2) is 19.3 Å². The van der Waals surface area contributed by atoms with E-state index in [1.54, 1.807) is 15.2 Å². The number of hydrogen-bond acceptors (Lipinski definition) is 4. The fraction of sp³-hybridized carbons (Fsp3) is 0.280. The summed E-state index contributed by atoms with van der Waals surface area (Å²) in [6.45, 7) is 4.59. The molecule has 0 N–H and O–H groups in total. The normalized spacial score (nSPS) is 11.8. The van der Waals surface area contributed by atoms with E-state index in [0.717, 1.165) is 25.7 Å². The first-order valence-corrected chi connectivity index (χ1v) is 11.5. The molecule has 0 bridgehead atoms. The Hall–Kier alpha value is -3.32. The molecular weight excluding hydrogens is 441 g/mol. The van der Waals surface area contributed by atoms with Gasteiger partial charge in [-0.1, -0.05) is 49.9 Å².